The molecule has 1 aliphatic carbocycles. The van der Waals surface area contributed by atoms with Crippen LogP contribution < -0.4 is 24.2 Å². The molecule has 1 fully saturated rings. The zero-order valence-corrected chi connectivity index (χ0v) is 19.5. The second kappa shape index (κ2) is 9.52. The molecule has 31 heavy (non-hydrogen) atoms. The van der Waals surface area contributed by atoms with Crippen molar-refractivity contribution >= 4 is 39.1 Å². The van der Waals surface area contributed by atoms with E-state index in [2.05, 4.69) is 10.0 Å². The quantitative estimate of drug-likeness (QED) is 0.560. The van der Waals surface area contributed by atoms with E-state index < -0.39 is 15.9 Å². The molecule has 1 aliphatic rings. The van der Waals surface area contributed by atoms with Gasteiger partial charge in [-0.3, -0.25) is 4.79 Å². The number of sulfonamides is 1. The van der Waals surface area contributed by atoms with Crippen molar-refractivity contribution in [1.29, 1.82) is 0 Å². The fourth-order valence-corrected chi connectivity index (χ4v) is 5.07. The van der Waals surface area contributed by atoms with Crippen molar-refractivity contribution in [2.75, 3.05) is 21.3 Å². The molecule has 0 bridgehead atoms. The summed E-state index contributed by atoms with van der Waals surface area (Å²) in [5.41, 5.74) is 0.672. The number of carbonyl (C=O) groups excluding carboxylic acids is 1. The van der Waals surface area contributed by atoms with Gasteiger partial charge >= 0.3 is 0 Å². The van der Waals surface area contributed by atoms with Crippen molar-refractivity contribution in [3.05, 3.63) is 45.4 Å². The highest BCUT2D eigenvalue weighted by Gasteiger charge is 2.30. The third-order valence-electron chi connectivity index (χ3n) is 4.63. The molecule has 2 N–H and O–H groups in total. The van der Waals surface area contributed by atoms with Crippen LogP contribution in [0.15, 0.2) is 29.2 Å². The summed E-state index contributed by atoms with van der Waals surface area (Å²) < 4.78 is 43.6. The molecule has 0 atom stereocenters. The van der Waals surface area contributed by atoms with Gasteiger partial charge < -0.3 is 19.5 Å². The molecular formula is C20H22Cl2N2O6S. The Balaban J connectivity index is 1.83. The molecular weight excluding hydrogens is 467 g/mol. The molecule has 0 heterocycles. The van der Waals surface area contributed by atoms with E-state index in [0.29, 0.717) is 22.8 Å². The zero-order valence-electron chi connectivity index (χ0n) is 17.1. The van der Waals surface area contributed by atoms with E-state index in [1.807, 2.05) is 0 Å². The van der Waals surface area contributed by atoms with Crippen molar-refractivity contribution < 1.29 is 27.4 Å². The van der Waals surface area contributed by atoms with Crippen molar-refractivity contribution in [1.82, 2.24) is 10.0 Å². The van der Waals surface area contributed by atoms with Crippen LogP contribution in [0.25, 0.3) is 0 Å². The molecule has 0 unspecified atom stereocenters. The van der Waals surface area contributed by atoms with E-state index in [0.717, 1.165) is 12.8 Å². The smallest absolute Gasteiger partial charge is 0.253 e. The van der Waals surface area contributed by atoms with E-state index in [-0.39, 0.29) is 33.1 Å². The average Bonchev–Trinajstić information content (AvgIpc) is 3.54. The molecule has 1 saturated carbocycles. The molecule has 0 saturated heterocycles. The molecule has 11 heteroatoms. The van der Waals surface area contributed by atoms with E-state index in [9.17, 15) is 13.2 Å². The minimum atomic E-state index is -3.86. The van der Waals surface area contributed by atoms with Crippen LogP contribution in [-0.2, 0) is 16.6 Å². The summed E-state index contributed by atoms with van der Waals surface area (Å²) in [6, 6.07) is 5.72. The molecule has 0 aromatic heterocycles. The van der Waals surface area contributed by atoms with Crippen molar-refractivity contribution in [2.24, 2.45) is 0 Å². The first-order valence-electron chi connectivity index (χ1n) is 9.28. The highest BCUT2D eigenvalue weighted by molar-refractivity contribution is 7.89. The van der Waals surface area contributed by atoms with Crippen LogP contribution in [0.1, 0.15) is 28.8 Å². The summed E-state index contributed by atoms with van der Waals surface area (Å²) in [5, 5.41) is 2.70. The summed E-state index contributed by atoms with van der Waals surface area (Å²) in [4.78, 5) is 12.6. The van der Waals surface area contributed by atoms with Crippen molar-refractivity contribution in [2.45, 2.75) is 30.3 Å². The molecule has 0 radical (unpaired) electrons. The molecule has 2 aromatic carbocycles. The number of methoxy groups -OCH3 is 3. The number of ether oxygens (including phenoxy) is 3. The van der Waals surface area contributed by atoms with Crippen molar-refractivity contribution in [3.63, 3.8) is 0 Å². The fraction of sp³-hybridized carbons (Fsp3) is 0.350. The Morgan fingerprint density at radius 3 is 2.13 bits per heavy atom. The molecule has 1 amide bonds. The van der Waals surface area contributed by atoms with Crippen LogP contribution in [0.2, 0.25) is 10.0 Å². The van der Waals surface area contributed by atoms with Crippen LogP contribution in [0.3, 0.4) is 0 Å². The lowest BCUT2D eigenvalue weighted by Crippen LogP contribution is -2.27. The molecule has 168 valence electrons. The normalized spacial score (nSPS) is 13.6. The van der Waals surface area contributed by atoms with Gasteiger partial charge in [-0.2, -0.15) is 0 Å². The largest absolute Gasteiger partial charge is 0.493 e. The van der Waals surface area contributed by atoms with Gasteiger partial charge in [0.2, 0.25) is 15.8 Å². The van der Waals surface area contributed by atoms with Crippen molar-refractivity contribution in [3.8, 4) is 17.2 Å². The van der Waals surface area contributed by atoms with Gasteiger partial charge in [-0.15, -0.1) is 0 Å². The first-order chi connectivity index (χ1) is 14.7. The van der Waals surface area contributed by atoms with Gasteiger partial charge in [0, 0.05) is 12.6 Å². The van der Waals surface area contributed by atoms with Gasteiger partial charge in [0.1, 0.15) is 4.90 Å². The standard InChI is InChI=1S/C20H22Cl2N2O6S/c1-28-16-6-11(7-17(29-2)19(16)30-3)10-23-20(25)13-8-18(15(22)9-14(13)21)31(26,27)24-12-4-5-12/h6-9,12,24H,4-5,10H2,1-3H3,(H,23,25). The predicted molar refractivity (Wildman–Crippen MR) is 117 cm³/mol. The van der Waals surface area contributed by atoms with Gasteiger partial charge in [0.15, 0.2) is 11.5 Å². The van der Waals surface area contributed by atoms with Gasteiger partial charge in [0.05, 0.1) is 36.9 Å². The van der Waals surface area contributed by atoms with Crippen LogP contribution in [0, 0.1) is 0 Å². The Labute approximate surface area is 190 Å². The maximum absolute atomic E-state index is 12.8. The number of halogens is 2. The Bertz CT molecular complexity index is 1080. The zero-order chi connectivity index (χ0) is 22.8. The van der Waals surface area contributed by atoms with E-state index in [4.69, 9.17) is 37.4 Å². The summed E-state index contributed by atoms with van der Waals surface area (Å²) >= 11 is 12.3. The SMILES string of the molecule is COc1cc(CNC(=O)c2cc(S(=O)(=O)NC3CC3)c(Cl)cc2Cl)cc(OC)c1OC. The summed E-state index contributed by atoms with van der Waals surface area (Å²) in [7, 11) is 0.615. The maximum atomic E-state index is 12.8. The number of nitrogens with one attached hydrogen (secondary N) is 2. The first-order valence-corrected chi connectivity index (χ1v) is 11.5. The fourth-order valence-electron chi connectivity index (χ4n) is 2.91. The minimum Gasteiger partial charge on any atom is -0.493 e. The second-order valence-electron chi connectivity index (χ2n) is 6.87. The van der Waals surface area contributed by atoms with Gasteiger partial charge in [-0.25, -0.2) is 13.1 Å². The summed E-state index contributed by atoms with van der Waals surface area (Å²) in [6.45, 7) is 0.108. The second-order valence-corrected chi connectivity index (χ2v) is 9.37. The molecule has 3 rings (SSSR count). The number of benzene rings is 2. The lowest BCUT2D eigenvalue weighted by atomic mass is 10.1. The molecule has 0 spiro atoms. The van der Waals surface area contributed by atoms with Gasteiger partial charge in [-0.05, 0) is 42.7 Å². The Morgan fingerprint density at radius 2 is 1.61 bits per heavy atom. The average molecular weight is 489 g/mol. The third kappa shape index (κ3) is 5.35. The van der Waals surface area contributed by atoms with Gasteiger partial charge in [0.25, 0.3) is 5.91 Å². The van der Waals surface area contributed by atoms with Gasteiger partial charge in [-0.1, -0.05) is 23.2 Å². The molecule has 0 aliphatic heterocycles. The number of hydrogen-bond donors (Lipinski definition) is 2. The van der Waals surface area contributed by atoms with Crippen LogP contribution in [-0.4, -0.2) is 41.7 Å². The van der Waals surface area contributed by atoms with E-state index >= 15 is 0 Å². The maximum Gasteiger partial charge on any atom is 0.253 e. The Kier molecular flexibility index (Phi) is 7.20. The topological polar surface area (TPSA) is 103 Å². The lowest BCUT2D eigenvalue weighted by molar-refractivity contribution is 0.0950. The summed E-state index contributed by atoms with van der Waals surface area (Å²) in [5.74, 6) is 0.752. The minimum absolute atomic E-state index is 0.00493. The van der Waals surface area contributed by atoms with Crippen LogP contribution >= 0.6 is 23.2 Å². The third-order valence-corrected chi connectivity index (χ3v) is 6.93. The highest BCUT2D eigenvalue weighted by Crippen LogP contribution is 2.38. The number of carbonyl (C=O) groups is 1. The molecule has 8 nitrogen and oxygen atoms in total. The Hall–Kier alpha value is -2.20. The number of amides is 1. The highest BCUT2D eigenvalue weighted by atomic mass is 35.5. The number of rotatable bonds is 9. The molecule has 2 aromatic rings. The van der Waals surface area contributed by atoms with E-state index in [1.165, 1.54) is 33.5 Å². The van der Waals surface area contributed by atoms with Crippen LogP contribution in [0.5, 0.6) is 17.2 Å². The van der Waals surface area contributed by atoms with E-state index in [1.54, 1.807) is 12.1 Å². The van der Waals surface area contributed by atoms with Crippen LogP contribution in [0.4, 0.5) is 0 Å². The monoisotopic (exact) mass is 488 g/mol. The Morgan fingerprint density at radius 1 is 1.00 bits per heavy atom. The number of hydrogen-bond acceptors (Lipinski definition) is 6. The summed E-state index contributed by atoms with van der Waals surface area (Å²) in [6.07, 6.45) is 1.54. The lowest BCUT2D eigenvalue weighted by Gasteiger charge is -2.15. The predicted octanol–water partition coefficient (Wildman–Crippen LogP) is 3.39. The first kappa shape index (κ1) is 23.5.